The van der Waals surface area contributed by atoms with Crippen LogP contribution in [0.25, 0.3) is 0 Å². The normalized spacial score (nSPS) is 12.9. The van der Waals surface area contributed by atoms with Gasteiger partial charge in [0.2, 0.25) is 5.95 Å². The molecule has 1 atom stereocenters. The van der Waals surface area contributed by atoms with Gasteiger partial charge in [-0.15, -0.1) is 11.6 Å². The van der Waals surface area contributed by atoms with Gasteiger partial charge in [0.05, 0.1) is 0 Å². The molecule has 0 aromatic carbocycles. The molecule has 1 unspecified atom stereocenters. The maximum absolute atomic E-state index is 5.83. The molecule has 0 radical (unpaired) electrons. The van der Waals surface area contributed by atoms with Gasteiger partial charge in [0.1, 0.15) is 0 Å². The van der Waals surface area contributed by atoms with E-state index >= 15 is 0 Å². The van der Waals surface area contributed by atoms with Crippen molar-refractivity contribution >= 4 is 17.5 Å². The summed E-state index contributed by atoms with van der Waals surface area (Å²) in [6.45, 7) is 6.18. The lowest BCUT2D eigenvalue weighted by molar-refractivity contribution is 0.560. The van der Waals surface area contributed by atoms with E-state index in [1.165, 1.54) is 0 Å². The van der Waals surface area contributed by atoms with Crippen molar-refractivity contribution in [2.45, 2.75) is 26.8 Å². The third kappa shape index (κ3) is 3.14. The predicted octanol–water partition coefficient (Wildman–Crippen LogP) is 2.46. The number of hydrogen-bond acceptors (Lipinski definition) is 3. The van der Waals surface area contributed by atoms with Gasteiger partial charge in [0.25, 0.3) is 0 Å². The molecule has 1 aromatic heterocycles. The Morgan fingerprint density at radius 3 is 2.71 bits per heavy atom. The third-order valence-electron chi connectivity index (χ3n) is 2.08. The topological polar surface area (TPSA) is 37.8 Å². The minimum Gasteiger partial charge on any atom is -0.350 e. The van der Waals surface area contributed by atoms with Crippen LogP contribution >= 0.6 is 11.6 Å². The number of aryl methyl sites for hydroxylation is 1. The largest absolute Gasteiger partial charge is 0.350 e. The number of anilines is 1. The van der Waals surface area contributed by atoms with Crippen molar-refractivity contribution in [3.8, 4) is 0 Å². The Morgan fingerprint density at radius 1 is 1.50 bits per heavy atom. The number of rotatable bonds is 4. The van der Waals surface area contributed by atoms with Crippen LogP contribution in [0.1, 0.15) is 19.5 Å². The van der Waals surface area contributed by atoms with Gasteiger partial charge in [-0.05, 0) is 18.9 Å². The molecule has 0 bridgehead atoms. The number of alkyl halides is 1. The van der Waals surface area contributed by atoms with E-state index in [0.29, 0.717) is 17.7 Å². The van der Waals surface area contributed by atoms with Gasteiger partial charge in [-0.1, -0.05) is 13.8 Å². The third-order valence-corrected chi connectivity index (χ3v) is 2.41. The second-order valence-corrected chi connectivity index (χ2v) is 3.98. The van der Waals surface area contributed by atoms with Crippen LogP contribution in [0.15, 0.2) is 12.3 Å². The monoisotopic (exact) mass is 213 g/mol. The van der Waals surface area contributed by atoms with Crippen molar-refractivity contribution in [2.75, 3.05) is 11.2 Å². The molecule has 0 aliphatic heterocycles. The van der Waals surface area contributed by atoms with Gasteiger partial charge < -0.3 is 5.32 Å². The number of halogens is 1. The quantitative estimate of drug-likeness (QED) is 0.781. The van der Waals surface area contributed by atoms with Crippen LogP contribution < -0.4 is 5.32 Å². The average Bonchev–Trinajstić information content (AvgIpc) is 2.14. The first-order valence-electron chi connectivity index (χ1n) is 4.75. The molecule has 3 nitrogen and oxygen atoms in total. The second kappa shape index (κ2) is 5.15. The van der Waals surface area contributed by atoms with E-state index in [1.807, 2.05) is 13.0 Å². The first-order chi connectivity index (χ1) is 6.63. The lowest BCUT2D eigenvalue weighted by Crippen LogP contribution is -2.28. The van der Waals surface area contributed by atoms with Crippen molar-refractivity contribution in [2.24, 2.45) is 5.92 Å². The van der Waals surface area contributed by atoms with E-state index in [0.717, 1.165) is 5.69 Å². The number of aromatic nitrogens is 2. The van der Waals surface area contributed by atoms with E-state index in [1.54, 1.807) is 6.20 Å². The summed E-state index contributed by atoms with van der Waals surface area (Å²) < 4.78 is 0. The predicted molar refractivity (Wildman–Crippen MR) is 59.7 cm³/mol. The molecular formula is C10H16ClN3. The Labute approximate surface area is 89.9 Å². The van der Waals surface area contributed by atoms with Crippen molar-refractivity contribution in [3.05, 3.63) is 18.0 Å². The molecule has 14 heavy (non-hydrogen) atoms. The number of hydrogen-bond donors (Lipinski definition) is 1. The molecular weight excluding hydrogens is 198 g/mol. The van der Waals surface area contributed by atoms with Crippen LogP contribution in [0.5, 0.6) is 0 Å². The summed E-state index contributed by atoms with van der Waals surface area (Å²) in [5, 5.41) is 3.21. The average molecular weight is 214 g/mol. The van der Waals surface area contributed by atoms with Crippen LogP contribution in [0.2, 0.25) is 0 Å². The molecule has 4 heteroatoms. The van der Waals surface area contributed by atoms with Gasteiger partial charge in [-0.25, -0.2) is 9.97 Å². The van der Waals surface area contributed by atoms with Crippen LogP contribution in [-0.4, -0.2) is 21.9 Å². The molecule has 1 N–H and O–H groups in total. The van der Waals surface area contributed by atoms with Gasteiger partial charge in [-0.2, -0.15) is 0 Å². The molecule has 0 fully saturated rings. The molecule has 1 aromatic rings. The molecule has 0 aliphatic carbocycles. The summed E-state index contributed by atoms with van der Waals surface area (Å²) in [4.78, 5) is 8.39. The number of nitrogens with one attached hydrogen (secondary N) is 1. The van der Waals surface area contributed by atoms with Crippen LogP contribution in [-0.2, 0) is 0 Å². The summed E-state index contributed by atoms with van der Waals surface area (Å²) in [5.41, 5.74) is 0.958. The van der Waals surface area contributed by atoms with E-state index in [-0.39, 0.29) is 6.04 Å². The zero-order valence-corrected chi connectivity index (χ0v) is 9.54. The fourth-order valence-corrected chi connectivity index (χ4v) is 1.50. The standard InChI is InChI=1S/C10H16ClN3/c1-7(2)9(6-11)14-10-12-5-4-8(3)13-10/h4-5,7,9H,6H2,1-3H3,(H,12,13,14). The van der Waals surface area contributed by atoms with E-state index < -0.39 is 0 Å². The lowest BCUT2D eigenvalue weighted by Gasteiger charge is -2.19. The first-order valence-corrected chi connectivity index (χ1v) is 5.29. The Bertz CT molecular complexity index is 288. The fourth-order valence-electron chi connectivity index (χ4n) is 1.07. The molecule has 0 amide bonds. The van der Waals surface area contributed by atoms with Gasteiger partial charge in [0, 0.05) is 23.8 Å². The minimum absolute atomic E-state index is 0.221. The highest BCUT2D eigenvalue weighted by Gasteiger charge is 2.12. The molecule has 0 saturated carbocycles. The molecule has 0 aliphatic rings. The van der Waals surface area contributed by atoms with Crippen molar-refractivity contribution in [3.63, 3.8) is 0 Å². The first kappa shape index (κ1) is 11.2. The maximum atomic E-state index is 5.83. The van der Waals surface area contributed by atoms with Gasteiger partial charge in [-0.3, -0.25) is 0 Å². The Hall–Kier alpha value is -0.830. The summed E-state index contributed by atoms with van der Waals surface area (Å²) in [5.74, 6) is 1.69. The Morgan fingerprint density at radius 2 is 2.21 bits per heavy atom. The van der Waals surface area contributed by atoms with Crippen molar-refractivity contribution < 1.29 is 0 Å². The molecule has 1 rings (SSSR count). The van der Waals surface area contributed by atoms with Crippen LogP contribution in [0, 0.1) is 12.8 Å². The maximum Gasteiger partial charge on any atom is 0.223 e. The summed E-state index contributed by atoms with van der Waals surface area (Å²) >= 11 is 5.83. The zero-order valence-electron chi connectivity index (χ0n) is 8.79. The fraction of sp³-hybridized carbons (Fsp3) is 0.600. The number of nitrogens with zero attached hydrogens (tertiary/aromatic N) is 2. The van der Waals surface area contributed by atoms with Gasteiger partial charge >= 0.3 is 0 Å². The second-order valence-electron chi connectivity index (χ2n) is 3.67. The van der Waals surface area contributed by atoms with Gasteiger partial charge in [0.15, 0.2) is 0 Å². The van der Waals surface area contributed by atoms with E-state index in [9.17, 15) is 0 Å². The van der Waals surface area contributed by atoms with E-state index in [2.05, 4.69) is 29.1 Å². The Balaban J connectivity index is 2.67. The minimum atomic E-state index is 0.221. The molecule has 1 heterocycles. The summed E-state index contributed by atoms with van der Waals surface area (Å²) in [6, 6.07) is 2.09. The highest BCUT2D eigenvalue weighted by molar-refractivity contribution is 6.18. The highest BCUT2D eigenvalue weighted by atomic mass is 35.5. The lowest BCUT2D eigenvalue weighted by atomic mass is 10.1. The van der Waals surface area contributed by atoms with E-state index in [4.69, 9.17) is 11.6 Å². The SMILES string of the molecule is Cc1ccnc(NC(CCl)C(C)C)n1. The summed E-state index contributed by atoms with van der Waals surface area (Å²) in [6.07, 6.45) is 1.75. The van der Waals surface area contributed by atoms with Crippen molar-refractivity contribution in [1.29, 1.82) is 0 Å². The summed E-state index contributed by atoms with van der Waals surface area (Å²) in [7, 11) is 0. The van der Waals surface area contributed by atoms with Crippen molar-refractivity contribution in [1.82, 2.24) is 9.97 Å². The molecule has 78 valence electrons. The van der Waals surface area contributed by atoms with Crippen LogP contribution in [0.3, 0.4) is 0 Å². The molecule has 0 saturated heterocycles. The zero-order chi connectivity index (χ0) is 10.6. The Kier molecular flexibility index (Phi) is 4.14. The van der Waals surface area contributed by atoms with Crippen LogP contribution in [0.4, 0.5) is 5.95 Å². The molecule has 0 spiro atoms. The highest BCUT2D eigenvalue weighted by Crippen LogP contribution is 2.09. The smallest absolute Gasteiger partial charge is 0.223 e.